The van der Waals surface area contributed by atoms with Crippen LogP contribution in [0, 0.1) is 13.8 Å². The SMILES string of the molecule is Cc1cc(C(=O)Nc2cccc(C(=O)[O-])c2)oc1C. The summed E-state index contributed by atoms with van der Waals surface area (Å²) < 4.78 is 5.29. The van der Waals surface area contributed by atoms with Gasteiger partial charge >= 0.3 is 0 Å². The van der Waals surface area contributed by atoms with Crippen molar-refractivity contribution in [3.8, 4) is 0 Å². The predicted molar refractivity (Wildman–Crippen MR) is 66.9 cm³/mol. The Labute approximate surface area is 109 Å². The van der Waals surface area contributed by atoms with Crippen LogP contribution in [-0.4, -0.2) is 11.9 Å². The number of furan rings is 1. The van der Waals surface area contributed by atoms with E-state index in [4.69, 9.17) is 4.42 Å². The second-order valence-corrected chi connectivity index (χ2v) is 4.17. The van der Waals surface area contributed by atoms with E-state index in [0.717, 1.165) is 5.56 Å². The van der Waals surface area contributed by atoms with Crippen LogP contribution in [0.15, 0.2) is 34.7 Å². The molecule has 2 rings (SSSR count). The van der Waals surface area contributed by atoms with Gasteiger partial charge in [0.25, 0.3) is 5.91 Å². The molecular formula is C14H12NO4-. The molecule has 2 aromatic rings. The number of carbonyl (C=O) groups excluding carboxylic acids is 2. The van der Waals surface area contributed by atoms with Crippen molar-refractivity contribution < 1.29 is 19.1 Å². The number of carbonyl (C=O) groups is 2. The first kappa shape index (κ1) is 12.9. The summed E-state index contributed by atoms with van der Waals surface area (Å²) in [6.45, 7) is 3.61. The zero-order valence-corrected chi connectivity index (χ0v) is 10.5. The average Bonchev–Trinajstić information content (AvgIpc) is 2.70. The fraction of sp³-hybridized carbons (Fsp3) is 0.143. The molecule has 98 valence electrons. The third-order valence-corrected chi connectivity index (χ3v) is 2.75. The maximum atomic E-state index is 11.9. The van der Waals surface area contributed by atoms with Crippen LogP contribution in [0.4, 0.5) is 5.69 Å². The number of anilines is 1. The molecule has 1 amide bonds. The van der Waals surface area contributed by atoms with Crippen molar-refractivity contribution in [2.24, 2.45) is 0 Å². The lowest BCUT2D eigenvalue weighted by Crippen LogP contribution is -2.22. The standard InChI is InChI=1S/C14H13NO4/c1-8-6-12(19-9(8)2)13(16)15-11-5-3-4-10(7-11)14(17)18/h3-7H,1-2H3,(H,15,16)(H,17,18)/p-1. The van der Waals surface area contributed by atoms with E-state index in [0.29, 0.717) is 11.4 Å². The number of rotatable bonds is 3. The van der Waals surface area contributed by atoms with Crippen LogP contribution in [-0.2, 0) is 0 Å². The zero-order chi connectivity index (χ0) is 14.0. The predicted octanol–water partition coefficient (Wildman–Crippen LogP) is 1.51. The summed E-state index contributed by atoms with van der Waals surface area (Å²) >= 11 is 0. The van der Waals surface area contributed by atoms with Gasteiger partial charge < -0.3 is 19.6 Å². The number of hydrogen-bond acceptors (Lipinski definition) is 4. The van der Waals surface area contributed by atoms with Crippen molar-refractivity contribution in [2.45, 2.75) is 13.8 Å². The van der Waals surface area contributed by atoms with Crippen molar-refractivity contribution in [3.05, 3.63) is 53.0 Å². The van der Waals surface area contributed by atoms with Crippen molar-refractivity contribution in [3.63, 3.8) is 0 Å². The van der Waals surface area contributed by atoms with Crippen molar-refractivity contribution in [1.29, 1.82) is 0 Å². The highest BCUT2D eigenvalue weighted by Gasteiger charge is 2.12. The van der Waals surface area contributed by atoms with E-state index in [-0.39, 0.29) is 11.3 Å². The van der Waals surface area contributed by atoms with Crippen LogP contribution in [0.1, 0.15) is 32.2 Å². The third-order valence-electron chi connectivity index (χ3n) is 2.75. The number of amides is 1. The molecule has 1 aromatic carbocycles. The van der Waals surface area contributed by atoms with E-state index in [1.807, 2.05) is 6.92 Å². The number of nitrogens with one attached hydrogen (secondary N) is 1. The molecule has 0 saturated carbocycles. The molecule has 0 aliphatic heterocycles. The lowest BCUT2D eigenvalue weighted by molar-refractivity contribution is -0.255. The molecule has 0 aliphatic rings. The normalized spacial score (nSPS) is 10.2. The van der Waals surface area contributed by atoms with Gasteiger partial charge in [-0.1, -0.05) is 12.1 Å². The molecule has 0 saturated heterocycles. The van der Waals surface area contributed by atoms with Crippen LogP contribution in [0.5, 0.6) is 0 Å². The molecule has 1 N–H and O–H groups in total. The summed E-state index contributed by atoms with van der Waals surface area (Å²) in [5.41, 5.74) is 1.26. The minimum absolute atomic E-state index is 0.00426. The number of carboxylic acids is 1. The highest BCUT2D eigenvalue weighted by Crippen LogP contribution is 2.16. The highest BCUT2D eigenvalue weighted by molar-refractivity contribution is 6.03. The van der Waals surface area contributed by atoms with Gasteiger partial charge in [-0.05, 0) is 43.2 Å². The first-order valence-electron chi connectivity index (χ1n) is 5.67. The Morgan fingerprint density at radius 3 is 2.53 bits per heavy atom. The lowest BCUT2D eigenvalue weighted by atomic mass is 10.2. The van der Waals surface area contributed by atoms with Crippen LogP contribution in [0.2, 0.25) is 0 Å². The lowest BCUT2D eigenvalue weighted by Gasteiger charge is -2.06. The van der Waals surface area contributed by atoms with Gasteiger partial charge in [-0.3, -0.25) is 4.79 Å². The molecule has 0 unspecified atom stereocenters. The van der Waals surface area contributed by atoms with E-state index in [1.165, 1.54) is 18.2 Å². The second kappa shape index (κ2) is 4.97. The second-order valence-electron chi connectivity index (χ2n) is 4.17. The molecule has 0 spiro atoms. The summed E-state index contributed by atoms with van der Waals surface area (Å²) in [5.74, 6) is -0.852. The van der Waals surface area contributed by atoms with E-state index >= 15 is 0 Å². The Morgan fingerprint density at radius 2 is 1.95 bits per heavy atom. The smallest absolute Gasteiger partial charge is 0.291 e. The molecule has 0 fully saturated rings. The van der Waals surface area contributed by atoms with Crippen LogP contribution in [0.3, 0.4) is 0 Å². The Morgan fingerprint density at radius 1 is 1.21 bits per heavy atom. The van der Waals surface area contributed by atoms with Gasteiger partial charge in [0, 0.05) is 5.69 Å². The maximum absolute atomic E-state index is 11.9. The minimum Gasteiger partial charge on any atom is -0.545 e. The number of benzene rings is 1. The molecule has 5 nitrogen and oxygen atoms in total. The fourth-order valence-electron chi connectivity index (χ4n) is 1.60. The summed E-state index contributed by atoms with van der Waals surface area (Å²) in [6, 6.07) is 7.47. The van der Waals surface area contributed by atoms with Crippen molar-refractivity contribution in [2.75, 3.05) is 5.32 Å². The van der Waals surface area contributed by atoms with Gasteiger partial charge in [0.2, 0.25) is 0 Å². The van der Waals surface area contributed by atoms with Crippen LogP contribution in [0.25, 0.3) is 0 Å². The monoisotopic (exact) mass is 258 g/mol. The van der Waals surface area contributed by atoms with Crippen LogP contribution < -0.4 is 10.4 Å². The van der Waals surface area contributed by atoms with Gasteiger partial charge in [0.05, 0.1) is 5.97 Å². The Kier molecular flexibility index (Phi) is 3.37. The highest BCUT2D eigenvalue weighted by atomic mass is 16.4. The zero-order valence-electron chi connectivity index (χ0n) is 10.5. The first-order valence-corrected chi connectivity index (χ1v) is 5.67. The minimum atomic E-state index is -1.29. The van der Waals surface area contributed by atoms with Gasteiger partial charge in [-0.25, -0.2) is 0 Å². The van der Waals surface area contributed by atoms with E-state index in [9.17, 15) is 14.7 Å². The number of carboxylic acid groups (broad SMARTS) is 1. The summed E-state index contributed by atoms with van der Waals surface area (Å²) in [7, 11) is 0. The molecular weight excluding hydrogens is 246 g/mol. The first-order chi connectivity index (χ1) is 8.97. The van der Waals surface area contributed by atoms with Gasteiger partial charge in [-0.15, -0.1) is 0 Å². The topological polar surface area (TPSA) is 82.4 Å². The largest absolute Gasteiger partial charge is 0.545 e. The van der Waals surface area contributed by atoms with E-state index < -0.39 is 11.9 Å². The number of aryl methyl sites for hydroxylation is 2. The summed E-state index contributed by atoms with van der Waals surface area (Å²) in [6.07, 6.45) is 0. The molecule has 0 atom stereocenters. The quantitative estimate of drug-likeness (QED) is 0.904. The fourth-order valence-corrected chi connectivity index (χ4v) is 1.60. The molecule has 0 aliphatic carbocycles. The van der Waals surface area contributed by atoms with Crippen LogP contribution >= 0.6 is 0 Å². The Hall–Kier alpha value is -2.56. The Bertz CT molecular complexity index is 623. The van der Waals surface area contributed by atoms with Crippen molar-refractivity contribution >= 4 is 17.6 Å². The van der Waals surface area contributed by atoms with Gasteiger partial charge in [0.15, 0.2) is 5.76 Å². The molecule has 0 radical (unpaired) electrons. The molecule has 1 heterocycles. The van der Waals surface area contributed by atoms with E-state index in [2.05, 4.69) is 5.32 Å². The molecule has 5 heteroatoms. The van der Waals surface area contributed by atoms with E-state index in [1.54, 1.807) is 19.1 Å². The molecule has 0 bridgehead atoms. The summed E-state index contributed by atoms with van der Waals surface area (Å²) in [5, 5.41) is 13.3. The number of hydrogen-bond donors (Lipinski definition) is 1. The third kappa shape index (κ3) is 2.82. The van der Waals surface area contributed by atoms with Crippen molar-refractivity contribution in [1.82, 2.24) is 0 Å². The molecule has 1 aromatic heterocycles. The Balaban J connectivity index is 2.19. The summed E-state index contributed by atoms with van der Waals surface area (Å²) in [4.78, 5) is 22.6. The molecule has 19 heavy (non-hydrogen) atoms. The maximum Gasteiger partial charge on any atom is 0.291 e. The number of aromatic carboxylic acids is 1. The van der Waals surface area contributed by atoms with Gasteiger partial charge in [0.1, 0.15) is 5.76 Å². The average molecular weight is 258 g/mol. The van der Waals surface area contributed by atoms with Gasteiger partial charge in [-0.2, -0.15) is 0 Å².